The Kier molecular flexibility index (Phi) is 4.51. The van der Waals surface area contributed by atoms with Crippen molar-refractivity contribution in [2.24, 2.45) is 10.9 Å². The van der Waals surface area contributed by atoms with Crippen molar-refractivity contribution in [2.75, 3.05) is 16.4 Å². The highest BCUT2D eigenvalue weighted by atomic mass is 32.2. The average Bonchev–Trinajstić information content (AvgIpc) is 2.91. The number of amides is 1. The summed E-state index contributed by atoms with van der Waals surface area (Å²) in [4.78, 5) is 18.5. The Balaban J connectivity index is 2.10. The number of aliphatic imine (C=N–C) groups is 1. The number of hydrogen-bond donors (Lipinski definition) is 0. The van der Waals surface area contributed by atoms with Gasteiger partial charge in [-0.05, 0) is 25.0 Å². The number of hydrogen-bond acceptors (Lipinski definition) is 4. The molecule has 0 aromatic heterocycles. The van der Waals surface area contributed by atoms with E-state index in [1.807, 2.05) is 50.8 Å². The van der Waals surface area contributed by atoms with Gasteiger partial charge in [-0.2, -0.15) is 4.99 Å². The number of carbonyl (C=O) groups is 1. The van der Waals surface area contributed by atoms with E-state index in [2.05, 4.69) is 4.99 Å². The number of anilines is 1. The molecule has 2 aliphatic heterocycles. The standard InChI is InChI=1S/C17H22N2O3S2/c1-10(2)16(20)18-17-19(15-11(3)6-5-7-12(15)4)13-8-24(21,22)9-14(13)23-17/h5-7,10,13-14H,8-9H2,1-4H3/t13-,14-/m0/s1. The maximum atomic E-state index is 12.1. The summed E-state index contributed by atoms with van der Waals surface area (Å²) in [6.45, 7) is 7.65. The first-order valence-corrected chi connectivity index (χ1v) is 10.7. The fourth-order valence-corrected chi connectivity index (χ4v) is 7.14. The first-order chi connectivity index (χ1) is 11.2. The van der Waals surface area contributed by atoms with Gasteiger partial charge >= 0.3 is 0 Å². The van der Waals surface area contributed by atoms with E-state index in [9.17, 15) is 13.2 Å². The average molecular weight is 367 g/mol. The number of sulfone groups is 1. The molecule has 0 spiro atoms. The van der Waals surface area contributed by atoms with E-state index in [1.54, 1.807) is 0 Å². The van der Waals surface area contributed by atoms with Crippen LogP contribution in [0, 0.1) is 19.8 Å². The molecule has 1 aromatic carbocycles. The Morgan fingerprint density at radius 2 is 1.88 bits per heavy atom. The van der Waals surface area contributed by atoms with E-state index in [4.69, 9.17) is 0 Å². The number of amidine groups is 1. The molecule has 2 saturated heterocycles. The minimum Gasteiger partial charge on any atom is -0.315 e. The van der Waals surface area contributed by atoms with Crippen molar-refractivity contribution in [3.05, 3.63) is 29.3 Å². The minimum atomic E-state index is -3.04. The lowest BCUT2D eigenvalue weighted by atomic mass is 10.1. The summed E-state index contributed by atoms with van der Waals surface area (Å²) in [6.07, 6.45) is 0. The quantitative estimate of drug-likeness (QED) is 0.805. The fraction of sp³-hybridized carbons (Fsp3) is 0.529. The molecule has 2 heterocycles. The molecule has 2 fully saturated rings. The van der Waals surface area contributed by atoms with Gasteiger partial charge in [0.25, 0.3) is 5.91 Å². The topological polar surface area (TPSA) is 66.8 Å². The normalized spacial score (nSPS) is 27.0. The lowest BCUT2D eigenvalue weighted by Crippen LogP contribution is -2.38. The van der Waals surface area contributed by atoms with Gasteiger partial charge in [0.05, 0.1) is 17.5 Å². The van der Waals surface area contributed by atoms with Crippen molar-refractivity contribution in [1.29, 1.82) is 0 Å². The second-order valence-corrected chi connectivity index (χ2v) is 10.2. The molecule has 130 valence electrons. The Hall–Kier alpha value is -1.34. The van der Waals surface area contributed by atoms with Gasteiger partial charge in [-0.25, -0.2) is 8.42 Å². The SMILES string of the molecule is Cc1cccc(C)c1N1C(=NC(=O)C(C)C)S[C@H]2CS(=O)(=O)C[C@@H]21. The molecule has 7 heteroatoms. The maximum absolute atomic E-state index is 12.1. The van der Waals surface area contributed by atoms with Crippen molar-refractivity contribution < 1.29 is 13.2 Å². The van der Waals surface area contributed by atoms with Gasteiger partial charge in [-0.3, -0.25) is 4.79 Å². The Morgan fingerprint density at radius 3 is 2.46 bits per heavy atom. The number of rotatable bonds is 2. The largest absolute Gasteiger partial charge is 0.315 e. The molecule has 2 aliphatic rings. The molecule has 1 aromatic rings. The summed E-state index contributed by atoms with van der Waals surface area (Å²) in [6, 6.07) is 5.84. The lowest BCUT2D eigenvalue weighted by molar-refractivity contribution is -0.120. The second-order valence-electron chi connectivity index (χ2n) is 6.80. The molecule has 0 N–H and O–H groups in total. The predicted molar refractivity (Wildman–Crippen MR) is 99.5 cm³/mol. The predicted octanol–water partition coefficient (Wildman–Crippen LogP) is 2.56. The van der Waals surface area contributed by atoms with Crippen molar-refractivity contribution >= 4 is 38.4 Å². The number of thioether (sulfide) groups is 1. The second kappa shape index (κ2) is 6.19. The van der Waals surface area contributed by atoms with Gasteiger partial charge in [0.15, 0.2) is 15.0 Å². The zero-order valence-electron chi connectivity index (χ0n) is 14.3. The monoisotopic (exact) mass is 366 g/mol. The van der Waals surface area contributed by atoms with Gasteiger partial charge in [0.1, 0.15) is 0 Å². The third-order valence-electron chi connectivity index (χ3n) is 4.45. The molecule has 0 saturated carbocycles. The minimum absolute atomic E-state index is 0.0623. The van der Waals surface area contributed by atoms with Crippen LogP contribution in [0.5, 0.6) is 0 Å². The van der Waals surface area contributed by atoms with E-state index in [1.165, 1.54) is 11.8 Å². The van der Waals surface area contributed by atoms with Crippen LogP contribution >= 0.6 is 11.8 Å². The molecule has 2 atom stereocenters. The highest BCUT2D eigenvalue weighted by Crippen LogP contribution is 2.43. The zero-order valence-corrected chi connectivity index (χ0v) is 15.9. The Bertz CT molecular complexity index is 795. The third-order valence-corrected chi connectivity index (χ3v) is 7.66. The van der Waals surface area contributed by atoms with Crippen molar-refractivity contribution in [2.45, 2.75) is 39.0 Å². The molecular formula is C17H22N2O3S2. The van der Waals surface area contributed by atoms with E-state index >= 15 is 0 Å². The molecule has 0 bridgehead atoms. The summed E-state index contributed by atoms with van der Waals surface area (Å²) in [5.74, 6) is -0.0786. The van der Waals surface area contributed by atoms with Crippen LogP contribution in [0.1, 0.15) is 25.0 Å². The summed E-state index contributed by atoms with van der Waals surface area (Å²) in [7, 11) is -3.04. The van der Waals surface area contributed by atoms with Crippen LogP contribution in [0.3, 0.4) is 0 Å². The smallest absolute Gasteiger partial charge is 0.250 e. The van der Waals surface area contributed by atoms with E-state index in [-0.39, 0.29) is 34.6 Å². The highest BCUT2D eigenvalue weighted by Gasteiger charge is 2.49. The Labute approximate surface area is 147 Å². The van der Waals surface area contributed by atoms with Crippen molar-refractivity contribution in [3.63, 3.8) is 0 Å². The summed E-state index contributed by atoms with van der Waals surface area (Å²) < 4.78 is 24.2. The van der Waals surface area contributed by atoms with Crippen LogP contribution in [-0.2, 0) is 14.6 Å². The van der Waals surface area contributed by atoms with E-state index < -0.39 is 9.84 Å². The van der Waals surface area contributed by atoms with Gasteiger partial charge < -0.3 is 4.90 Å². The van der Waals surface area contributed by atoms with Crippen molar-refractivity contribution in [1.82, 2.24) is 0 Å². The summed E-state index contributed by atoms with van der Waals surface area (Å²) >= 11 is 1.43. The van der Waals surface area contributed by atoms with Gasteiger partial charge in [0, 0.05) is 16.9 Å². The first-order valence-electron chi connectivity index (χ1n) is 8.04. The van der Waals surface area contributed by atoms with Crippen molar-refractivity contribution in [3.8, 4) is 0 Å². The fourth-order valence-electron chi connectivity index (χ4n) is 3.23. The maximum Gasteiger partial charge on any atom is 0.250 e. The molecule has 24 heavy (non-hydrogen) atoms. The van der Waals surface area contributed by atoms with Crippen LogP contribution in [0.4, 0.5) is 5.69 Å². The van der Waals surface area contributed by atoms with Gasteiger partial charge in [0.2, 0.25) is 0 Å². The zero-order chi connectivity index (χ0) is 17.6. The first kappa shape index (κ1) is 17.5. The number of carbonyl (C=O) groups excluding carboxylic acids is 1. The summed E-state index contributed by atoms with van der Waals surface area (Å²) in [5.41, 5.74) is 3.10. The number of fused-ring (bicyclic) bond motifs is 1. The van der Waals surface area contributed by atoms with Crippen LogP contribution in [0.2, 0.25) is 0 Å². The van der Waals surface area contributed by atoms with Gasteiger partial charge in [-0.1, -0.05) is 43.8 Å². The number of aryl methyl sites for hydroxylation is 2. The number of para-hydroxylation sites is 1. The van der Waals surface area contributed by atoms with E-state index in [0.29, 0.717) is 5.17 Å². The van der Waals surface area contributed by atoms with Gasteiger partial charge in [-0.15, -0.1) is 0 Å². The number of benzene rings is 1. The highest BCUT2D eigenvalue weighted by molar-refractivity contribution is 8.16. The molecule has 0 unspecified atom stereocenters. The van der Waals surface area contributed by atoms with Crippen LogP contribution < -0.4 is 4.90 Å². The molecule has 5 nitrogen and oxygen atoms in total. The lowest BCUT2D eigenvalue weighted by Gasteiger charge is -2.28. The molecular weight excluding hydrogens is 344 g/mol. The molecule has 0 radical (unpaired) electrons. The molecule has 1 amide bonds. The van der Waals surface area contributed by atoms with Crippen LogP contribution in [0.25, 0.3) is 0 Å². The van der Waals surface area contributed by atoms with E-state index in [0.717, 1.165) is 16.8 Å². The van der Waals surface area contributed by atoms with Crippen LogP contribution in [0.15, 0.2) is 23.2 Å². The summed E-state index contributed by atoms with van der Waals surface area (Å²) in [5, 5.41) is 0.573. The molecule has 3 rings (SSSR count). The van der Waals surface area contributed by atoms with Crippen LogP contribution in [-0.4, -0.2) is 42.3 Å². The molecule has 0 aliphatic carbocycles. The Morgan fingerprint density at radius 1 is 1.25 bits per heavy atom. The third kappa shape index (κ3) is 3.11. The number of nitrogens with zero attached hydrogens (tertiary/aromatic N) is 2.